The molecule has 0 N–H and O–H groups in total. The lowest BCUT2D eigenvalue weighted by molar-refractivity contribution is 0.670. The molecule has 0 aliphatic carbocycles. The summed E-state index contributed by atoms with van der Waals surface area (Å²) in [7, 11) is 0. The second-order valence-electron chi connectivity index (χ2n) is 14.8. The highest BCUT2D eigenvalue weighted by Crippen LogP contribution is 2.51. The Morgan fingerprint density at radius 1 is 0.436 bits per heavy atom. The van der Waals surface area contributed by atoms with E-state index >= 15 is 0 Å². The maximum Gasteiger partial charge on any atom is 0.235 e. The Balaban J connectivity index is 1.22. The van der Waals surface area contributed by atoms with Gasteiger partial charge in [-0.15, -0.1) is 11.3 Å². The standard InChI is InChI=1S/C50H25N3OS/c1-2-12-27-26(11-1)31-17-10-20-38-43(31)45-39(25-37-29-14-4-3-13-28(29)32-23-24-33(27)44(45)42(32)37)53(38)50-51-46-35-16-6-8-22-41(35)55-49(46)47(52-50)36-19-9-18-34-30-15-5-7-21-40(30)54-48(34)36/h1-25H. The first-order chi connectivity index (χ1) is 27.3. The van der Waals surface area contributed by atoms with Crippen molar-refractivity contribution in [3.05, 3.63) is 152 Å². The molecule has 252 valence electrons. The molecule has 0 amide bonds. The summed E-state index contributed by atoms with van der Waals surface area (Å²) < 4.78 is 11.2. The maximum atomic E-state index is 6.66. The number of fused-ring (bicyclic) bond motifs is 12. The number of hydrogen-bond acceptors (Lipinski definition) is 4. The highest BCUT2D eigenvalue weighted by molar-refractivity contribution is 7.26. The largest absolute Gasteiger partial charge is 0.455 e. The van der Waals surface area contributed by atoms with Gasteiger partial charge in [-0.05, 0) is 78.8 Å². The first-order valence-electron chi connectivity index (χ1n) is 18.7. The quantitative estimate of drug-likeness (QED) is 0.179. The van der Waals surface area contributed by atoms with Crippen molar-refractivity contribution in [2.75, 3.05) is 0 Å². The Kier molecular flexibility index (Phi) is 5.12. The number of para-hydroxylation sites is 2. The van der Waals surface area contributed by atoms with Crippen molar-refractivity contribution in [2.45, 2.75) is 0 Å². The number of rotatable bonds is 2. The van der Waals surface area contributed by atoms with E-state index < -0.39 is 0 Å². The van der Waals surface area contributed by atoms with E-state index in [1.807, 2.05) is 12.1 Å². The van der Waals surface area contributed by atoms with Gasteiger partial charge in [-0.2, -0.15) is 0 Å². The Hall–Kier alpha value is -7.08. The molecule has 5 heteroatoms. The van der Waals surface area contributed by atoms with E-state index in [0.29, 0.717) is 5.95 Å². The van der Waals surface area contributed by atoms with Gasteiger partial charge < -0.3 is 4.42 Å². The molecule has 0 saturated heterocycles. The lowest BCUT2D eigenvalue weighted by Crippen LogP contribution is -2.03. The highest BCUT2D eigenvalue weighted by atomic mass is 32.1. The lowest BCUT2D eigenvalue weighted by Gasteiger charge is -2.12. The van der Waals surface area contributed by atoms with E-state index in [4.69, 9.17) is 14.4 Å². The van der Waals surface area contributed by atoms with Gasteiger partial charge in [0.15, 0.2) is 0 Å². The van der Waals surface area contributed by atoms with Crippen molar-refractivity contribution >= 4 is 129 Å². The van der Waals surface area contributed by atoms with Crippen LogP contribution < -0.4 is 0 Å². The molecule has 0 bridgehead atoms. The van der Waals surface area contributed by atoms with E-state index in [1.165, 1.54) is 69.3 Å². The highest BCUT2D eigenvalue weighted by Gasteiger charge is 2.27. The third kappa shape index (κ3) is 3.44. The van der Waals surface area contributed by atoms with Gasteiger partial charge in [0.2, 0.25) is 5.95 Å². The van der Waals surface area contributed by atoms with Gasteiger partial charge >= 0.3 is 0 Å². The van der Waals surface area contributed by atoms with Gasteiger partial charge in [0.1, 0.15) is 11.2 Å². The summed E-state index contributed by atoms with van der Waals surface area (Å²) in [5.74, 6) is 0.653. The molecule has 0 unspecified atom stereocenters. The van der Waals surface area contributed by atoms with Crippen LogP contribution in [-0.2, 0) is 0 Å². The average molecular weight is 716 g/mol. The van der Waals surface area contributed by atoms with Crippen LogP contribution in [0.2, 0.25) is 0 Å². The SMILES string of the molecule is c1ccc2c(c1)oc1c(-c3nc(-n4c5cccc6c7ccccc7c7ccc8c9ccccc9c9cc4c(c7c89)c65)nc4c3sc3ccccc34)cccc12. The van der Waals surface area contributed by atoms with Crippen LogP contribution in [0.4, 0.5) is 0 Å². The van der Waals surface area contributed by atoms with Crippen LogP contribution in [0, 0.1) is 0 Å². The van der Waals surface area contributed by atoms with E-state index in [2.05, 4.69) is 144 Å². The van der Waals surface area contributed by atoms with Gasteiger partial charge in [0, 0.05) is 42.6 Å². The lowest BCUT2D eigenvalue weighted by atomic mass is 9.97. The van der Waals surface area contributed by atoms with Crippen molar-refractivity contribution in [1.29, 1.82) is 0 Å². The van der Waals surface area contributed by atoms with Gasteiger partial charge in [-0.1, -0.05) is 121 Å². The van der Waals surface area contributed by atoms with Gasteiger partial charge in [-0.25, -0.2) is 9.97 Å². The molecular weight excluding hydrogens is 691 g/mol. The summed E-state index contributed by atoms with van der Waals surface area (Å²) in [5, 5.41) is 18.6. The molecule has 0 saturated carbocycles. The monoisotopic (exact) mass is 715 g/mol. The predicted octanol–water partition coefficient (Wildman–Crippen LogP) is 14.1. The Morgan fingerprint density at radius 2 is 1.05 bits per heavy atom. The summed E-state index contributed by atoms with van der Waals surface area (Å²) in [6, 6.07) is 54.9. The molecule has 4 aromatic heterocycles. The fraction of sp³-hybridized carbons (Fsp3) is 0. The smallest absolute Gasteiger partial charge is 0.235 e. The molecule has 4 heterocycles. The van der Waals surface area contributed by atoms with Crippen LogP contribution in [0.3, 0.4) is 0 Å². The van der Waals surface area contributed by atoms with Crippen molar-refractivity contribution in [1.82, 2.24) is 14.5 Å². The number of hydrogen-bond donors (Lipinski definition) is 0. The summed E-state index contributed by atoms with van der Waals surface area (Å²) in [6.07, 6.45) is 0. The van der Waals surface area contributed by atoms with Crippen LogP contribution >= 0.6 is 11.3 Å². The minimum atomic E-state index is 0.653. The van der Waals surface area contributed by atoms with Crippen molar-refractivity contribution < 1.29 is 4.42 Å². The van der Waals surface area contributed by atoms with Gasteiger partial charge in [-0.3, -0.25) is 4.57 Å². The maximum absolute atomic E-state index is 6.66. The minimum Gasteiger partial charge on any atom is -0.455 e. The Morgan fingerprint density at radius 3 is 1.85 bits per heavy atom. The summed E-state index contributed by atoms with van der Waals surface area (Å²) in [4.78, 5) is 11.2. The van der Waals surface area contributed by atoms with Crippen molar-refractivity contribution in [3.8, 4) is 17.2 Å². The van der Waals surface area contributed by atoms with Crippen LogP contribution in [0.25, 0.3) is 135 Å². The molecule has 4 nitrogen and oxygen atoms in total. The van der Waals surface area contributed by atoms with Crippen LogP contribution in [0.15, 0.2) is 156 Å². The molecule has 0 radical (unpaired) electrons. The summed E-state index contributed by atoms with van der Waals surface area (Å²) in [5.41, 5.74) is 6.73. The van der Waals surface area contributed by atoms with Crippen molar-refractivity contribution in [2.24, 2.45) is 0 Å². The van der Waals surface area contributed by atoms with E-state index in [9.17, 15) is 0 Å². The molecule has 0 aliphatic rings. The zero-order chi connectivity index (χ0) is 35.5. The Bertz CT molecular complexity index is 3960. The number of nitrogens with zero attached hydrogens (tertiary/aromatic N) is 3. The summed E-state index contributed by atoms with van der Waals surface area (Å²) >= 11 is 1.75. The first kappa shape index (κ1) is 28.4. The number of benzene rings is 8. The zero-order valence-electron chi connectivity index (χ0n) is 29.1. The zero-order valence-corrected chi connectivity index (χ0v) is 29.9. The molecule has 14 rings (SSSR count). The van der Waals surface area contributed by atoms with Crippen LogP contribution in [-0.4, -0.2) is 14.5 Å². The third-order valence-corrected chi connectivity index (χ3v) is 13.3. The minimum absolute atomic E-state index is 0.653. The number of thiophene rings is 1. The normalized spacial score (nSPS) is 12.7. The molecule has 10 aromatic carbocycles. The molecule has 55 heavy (non-hydrogen) atoms. The predicted molar refractivity (Wildman–Crippen MR) is 232 cm³/mol. The first-order valence-corrected chi connectivity index (χ1v) is 19.5. The van der Waals surface area contributed by atoms with E-state index in [0.717, 1.165) is 59.8 Å². The molecule has 0 aliphatic heterocycles. The van der Waals surface area contributed by atoms with Gasteiger partial charge in [0.05, 0.1) is 26.9 Å². The number of furan rings is 1. The molecule has 0 fully saturated rings. The van der Waals surface area contributed by atoms with Crippen LogP contribution in [0.1, 0.15) is 0 Å². The van der Waals surface area contributed by atoms with E-state index in [1.54, 1.807) is 11.3 Å². The second-order valence-corrected chi connectivity index (χ2v) is 15.8. The third-order valence-electron chi connectivity index (χ3n) is 12.1. The fourth-order valence-electron chi connectivity index (χ4n) is 9.90. The van der Waals surface area contributed by atoms with Crippen molar-refractivity contribution in [3.63, 3.8) is 0 Å². The average Bonchev–Trinajstić information content (AvgIpc) is 3.97. The second kappa shape index (κ2) is 9.91. The van der Waals surface area contributed by atoms with Crippen LogP contribution in [0.5, 0.6) is 0 Å². The van der Waals surface area contributed by atoms with Gasteiger partial charge in [0.25, 0.3) is 0 Å². The molecule has 14 aromatic rings. The fourth-order valence-corrected chi connectivity index (χ4v) is 11.0. The molecule has 0 atom stereocenters. The van der Waals surface area contributed by atoms with E-state index in [-0.39, 0.29) is 0 Å². The molecule has 0 spiro atoms. The summed E-state index contributed by atoms with van der Waals surface area (Å²) in [6.45, 7) is 0. The number of aromatic nitrogens is 3. The molecular formula is C50H25N3OS. The topological polar surface area (TPSA) is 43.9 Å². The Labute approximate surface area is 315 Å².